The Hall–Kier alpha value is -3.74. The van der Waals surface area contributed by atoms with Gasteiger partial charge in [0.05, 0.1) is 12.0 Å². The van der Waals surface area contributed by atoms with E-state index in [2.05, 4.69) is 10.2 Å². The lowest BCUT2D eigenvalue weighted by Crippen LogP contribution is -2.17. The van der Waals surface area contributed by atoms with Gasteiger partial charge in [0.15, 0.2) is 5.76 Å². The molecule has 4 aromatic rings. The maximum absolute atomic E-state index is 14.0. The average Bonchev–Trinajstić information content (AvgIpc) is 3.35. The van der Waals surface area contributed by atoms with E-state index in [0.29, 0.717) is 23.6 Å². The number of hydrogen-bond donors (Lipinski definition) is 1. The quantitative estimate of drug-likeness (QED) is 0.484. The van der Waals surface area contributed by atoms with E-state index in [0.717, 1.165) is 33.9 Å². The van der Waals surface area contributed by atoms with Crippen LogP contribution >= 0.6 is 0 Å². The second-order valence-corrected chi connectivity index (χ2v) is 6.14. The molecule has 0 unspecified atom stereocenters. The van der Waals surface area contributed by atoms with E-state index < -0.39 is 17.3 Å². The lowest BCUT2D eigenvalue weighted by molar-refractivity contribution is -0.106. The standard InChI is InChI=1S/C21H15F2N3O2/c1-13-19(24-25-20(13)18-6-3-11-28-18)14-7-9-15(10-8-14)26(12-27)21-16(22)4-2-5-17(21)23/h2-12H,1H3,(H,24,25). The van der Waals surface area contributed by atoms with E-state index in [1.807, 2.05) is 13.0 Å². The maximum Gasteiger partial charge on any atom is 0.218 e. The fourth-order valence-electron chi connectivity index (χ4n) is 3.08. The van der Waals surface area contributed by atoms with Gasteiger partial charge in [-0.25, -0.2) is 8.78 Å². The summed E-state index contributed by atoms with van der Waals surface area (Å²) in [6.07, 6.45) is 1.96. The summed E-state index contributed by atoms with van der Waals surface area (Å²) in [5.74, 6) is -0.980. The third-order valence-electron chi connectivity index (χ3n) is 4.48. The molecule has 2 aromatic heterocycles. The highest BCUT2D eigenvalue weighted by molar-refractivity contribution is 5.87. The zero-order chi connectivity index (χ0) is 19.7. The number of H-pyrrole nitrogens is 1. The highest BCUT2D eigenvalue weighted by Gasteiger charge is 2.19. The lowest BCUT2D eigenvalue weighted by Gasteiger charge is -2.19. The van der Waals surface area contributed by atoms with Gasteiger partial charge < -0.3 is 4.42 Å². The first kappa shape index (κ1) is 17.7. The Morgan fingerprint density at radius 2 is 1.75 bits per heavy atom. The highest BCUT2D eigenvalue weighted by atomic mass is 19.1. The van der Waals surface area contributed by atoms with Gasteiger partial charge in [-0.2, -0.15) is 5.10 Å². The van der Waals surface area contributed by atoms with Gasteiger partial charge in [0, 0.05) is 11.3 Å². The van der Waals surface area contributed by atoms with Gasteiger partial charge in [-0.1, -0.05) is 18.2 Å². The molecule has 2 aromatic carbocycles. The number of amides is 1. The Morgan fingerprint density at radius 3 is 2.36 bits per heavy atom. The van der Waals surface area contributed by atoms with Crippen LogP contribution in [-0.4, -0.2) is 16.6 Å². The van der Waals surface area contributed by atoms with Crippen molar-refractivity contribution in [2.24, 2.45) is 0 Å². The van der Waals surface area contributed by atoms with Crippen LogP contribution in [-0.2, 0) is 4.79 Å². The monoisotopic (exact) mass is 379 g/mol. The van der Waals surface area contributed by atoms with Gasteiger partial charge in [-0.05, 0) is 48.9 Å². The number of aromatic amines is 1. The SMILES string of the molecule is Cc1c(-c2ccco2)n[nH]c1-c1ccc(N(C=O)c2c(F)cccc2F)cc1. The molecule has 0 bridgehead atoms. The number of rotatable bonds is 5. The average molecular weight is 379 g/mol. The maximum atomic E-state index is 14.0. The number of para-hydroxylation sites is 1. The fourth-order valence-corrected chi connectivity index (χ4v) is 3.08. The van der Waals surface area contributed by atoms with Crippen LogP contribution in [0, 0.1) is 18.6 Å². The molecule has 0 aliphatic carbocycles. The van der Waals surface area contributed by atoms with Crippen molar-refractivity contribution in [2.45, 2.75) is 6.92 Å². The van der Waals surface area contributed by atoms with Crippen LogP contribution in [0.25, 0.3) is 22.7 Å². The van der Waals surface area contributed by atoms with E-state index >= 15 is 0 Å². The van der Waals surface area contributed by atoms with Crippen molar-refractivity contribution < 1.29 is 18.0 Å². The Balaban J connectivity index is 1.69. The topological polar surface area (TPSA) is 62.1 Å². The van der Waals surface area contributed by atoms with Crippen molar-refractivity contribution in [1.29, 1.82) is 0 Å². The van der Waals surface area contributed by atoms with Crippen molar-refractivity contribution in [3.8, 4) is 22.7 Å². The number of aromatic nitrogens is 2. The summed E-state index contributed by atoms with van der Waals surface area (Å²) in [5.41, 5.74) is 3.12. The molecule has 7 heteroatoms. The minimum absolute atomic E-state index is 0.339. The number of carbonyl (C=O) groups excluding carboxylic acids is 1. The van der Waals surface area contributed by atoms with Gasteiger partial charge >= 0.3 is 0 Å². The zero-order valence-electron chi connectivity index (χ0n) is 14.8. The third kappa shape index (κ3) is 2.96. The number of hydrogen-bond acceptors (Lipinski definition) is 3. The molecule has 1 amide bonds. The van der Waals surface area contributed by atoms with E-state index in [1.54, 1.807) is 36.6 Å². The Kier molecular flexibility index (Phi) is 4.49. The minimum Gasteiger partial charge on any atom is -0.463 e. The normalized spacial score (nSPS) is 10.8. The van der Waals surface area contributed by atoms with Crippen molar-refractivity contribution >= 4 is 17.8 Å². The van der Waals surface area contributed by atoms with Crippen LogP contribution in [0.15, 0.2) is 65.3 Å². The number of nitrogens with zero attached hydrogens (tertiary/aromatic N) is 2. The largest absolute Gasteiger partial charge is 0.463 e. The van der Waals surface area contributed by atoms with Gasteiger partial charge in [-0.3, -0.25) is 14.8 Å². The number of nitrogens with one attached hydrogen (secondary N) is 1. The summed E-state index contributed by atoms with van der Waals surface area (Å²) in [4.78, 5) is 12.5. The Labute approximate surface area is 159 Å². The third-order valence-corrected chi connectivity index (χ3v) is 4.48. The van der Waals surface area contributed by atoms with E-state index in [4.69, 9.17) is 4.42 Å². The van der Waals surface area contributed by atoms with Gasteiger partial charge in [0.1, 0.15) is 23.0 Å². The van der Waals surface area contributed by atoms with Crippen LogP contribution < -0.4 is 4.90 Å². The molecule has 140 valence electrons. The second-order valence-electron chi connectivity index (χ2n) is 6.14. The zero-order valence-corrected chi connectivity index (χ0v) is 14.8. The highest BCUT2D eigenvalue weighted by Crippen LogP contribution is 2.33. The number of benzene rings is 2. The molecule has 0 atom stereocenters. The Morgan fingerprint density at radius 1 is 1.04 bits per heavy atom. The molecule has 1 N–H and O–H groups in total. The van der Waals surface area contributed by atoms with Gasteiger partial charge in [-0.15, -0.1) is 0 Å². The van der Waals surface area contributed by atoms with Crippen molar-refractivity contribution in [2.75, 3.05) is 4.90 Å². The predicted molar refractivity (Wildman–Crippen MR) is 101 cm³/mol. The second kappa shape index (κ2) is 7.11. The molecular weight excluding hydrogens is 364 g/mol. The molecule has 0 aliphatic heterocycles. The first-order chi connectivity index (χ1) is 13.6. The summed E-state index contributed by atoms with van der Waals surface area (Å²) in [6.45, 7) is 1.91. The van der Waals surface area contributed by atoms with Crippen molar-refractivity contribution in [3.05, 3.63) is 78.1 Å². The molecule has 0 spiro atoms. The van der Waals surface area contributed by atoms with E-state index in [-0.39, 0.29) is 0 Å². The number of furan rings is 1. The van der Waals surface area contributed by atoms with Crippen LogP contribution in [0.1, 0.15) is 5.56 Å². The molecule has 28 heavy (non-hydrogen) atoms. The summed E-state index contributed by atoms with van der Waals surface area (Å²) in [7, 11) is 0. The molecule has 2 heterocycles. The predicted octanol–water partition coefficient (Wildman–Crippen LogP) is 5.22. The van der Waals surface area contributed by atoms with Gasteiger partial charge in [0.25, 0.3) is 0 Å². The van der Waals surface area contributed by atoms with E-state index in [1.165, 1.54) is 6.07 Å². The van der Waals surface area contributed by atoms with E-state index in [9.17, 15) is 13.6 Å². The molecule has 0 radical (unpaired) electrons. The van der Waals surface area contributed by atoms with Crippen LogP contribution in [0.5, 0.6) is 0 Å². The summed E-state index contributed by atoms with van der Waals surface area (Å²) in [5, 5.41) is 7.27. The van der Waals surface area contributed by atoms with Crippen molar-refractivity contribution in [3.63, 3.8) is 0 Å². The first-order valence-electron chi connectivity index (χ1n) is 8.48. The van der Waals surface area contributed by atoms with Crippen LogP contribution in [0.3, 0.4) is 0 Å². The van der Waals surface area contributed by atoms with Crippen molar-refractivity contribution in [1.82, 2.24) is 10.2 Å². The molecule has 0 aliphatic rings. The first-order valence-corrected chi connectivity index (χ1v) is 8.48. The molecule has 0 fully saturated rings. The number of anilines is 2. The molecule has 0 saturated heterocycles. The minimum atomic E-state index is -0.816. The fraction of sp³-hybridized carbons (Fsp3) is 0.0476. The Bertz CT molecular complexity index is 1100. The molecule has 4 rings (SSSR count). The lowest BCUT2D eigenvalue weighted by atomic mass is 10.1. The number of halogens is 2. The van der Waals surface area contributed by atoms with Gasteiger partial charge in [0.2, 0.25) is 6.41 Å². The number of carbonyl (C=O) groups is 1. The van der Waals surface area contributed by atoms with Crippen LogP contribution in [0.4, 0.5) is 20.2 Å². The molecule has 5 nitrogen and oxygen atoms in total. The summed E-state index contributed by atoms with van der Waals surface area (Å²) < 4.78 is 33.5. The van der Waals surface area contributed by atoms with Crippen LogP contribution in [0.2, 0.25) is 0 Å². The summed E-state index contributed by atoms with van der Waals surface area (Å²) >= 11 is 0. The molecular formula is C21H15F2N3O2. The molecule has 0 saturated carbocycles. The summed E-state index contributed by atoms with van der Waals surface area (Å²) in [6, 6.07) is 13.8. The smallest absolute Gasteiger partial charge is 0.218 e.